The molecule has 0 spiro atoms. The number of ether oxygens (including phenoxy) is 2. The molecule has 0 amide bonds. The van der Waals surface area contributed by atoms with Crippen LogP contribution in [0.1, 0.15) is 32.3 Å². The Morgan fingerprint density at radius 2 is 1.70 bits per heavy atom. The van der Waals surface area contributed by atoms with Gasteiger partial charge in [-0.1, -0.05) is 0 Å². The Hall–Kier alpha value is -3.28. The number of ketones is 1. The number of rotatable bonds is 9. The van der Waals surface area contributed by atoms with Crippen LogP contribution >= 0.6 is 0 Å². The van der Waals surface area contributed by atoms with Crippen LogP contribution in [0.3, 0.4) is 0 Å². The molecular weight excluding hydrogens is 467 g/mol. The van der Waals surface area contributed by atoms with Crippen LogP contribution in [0.4, 0.5) is 18.9 Å². The number of Topliss-reactive ketones (excluding diaryl/α,β-unsaturated/α-hetero) is 1. The van der Waals surface area contributed by atoms with Gasteiger partial charge in [0, 0.05) is 11.3 Å². The summed E-state index contributed by atoms with van der Waals surface area (Å²) in [6.07, 6.45) is -6.25. The molecule has 0 aliphatic carbocycles. The summed E-state index contributed by atoms with van der Waals surface area (Å²) >= 11 is 0. The van der Waals surface area contributed by atoms with Gasteiger partial charge in [-0.15, -0.1) is 0 Å². The van der Waals surface area contributed by atoms with Gasteiger partial charge < -0.3 is 14.6 Å². The van der Waals surface area contributed by atoms with Gasteiger partial charge >= 0.3 is 12.1 Å². The molecule has 180 valence electrons. The van der Waals surface area contributed by atoms with Gasteiger partial charge in [-0.25, -0.2) is 8.42 Å². The van der Waals surface area contributed by atoms with Crippen molar-refractivity contribution in [1.82, 2.24) is 0 Å². The van der Waals surface area contributed by atoms with Crippen LogP contribution < -0.4 is 9.46 Å². The molecule has 8 nitrogen and oxygen atoms in total. The number of nitrogens with one attached hydrogen (secondary N) is 1. The van der Waals surface area contributed by atoms with Crippen LogP contribution in [-0.2, 0) is 24.3 Å². The lowest BCUT2D eigenvalue weighted by Gasteiger charge is -2.20. The van der Waals surface area contributed by atoms with Gasteiger partial charge in [0.25, 0.3) is 15.8 Å². The van der Waals surface area contributed by atoms with Crippen molar-refractivity contribution in [3.63, 3.8) is 0 Å². The zero-order valence-corrected chi connectivity index (χ0v) is 18.7. The van der Waals surface area contributed by atoms with Crippen molar-refractivity contribution in [2.75, 3.05) is 11.3 Å². The first-order chi connectivity index (χ1) is 15.3. The standard InChI is InChI=1S/C21H22F3NO7S/c1-4-31-14-6-8-15(9-7-14)33(29,30)25-13-5-10-17(26)16(11-13)18(19(27)21(22,23)24)20(28)32-12(2)3/h5-12,18,25-26H,4H2,1-3H3. The van der Waals surface area contributed by atoms with E-state index in [1.54, 1.807) is 6.92 Å². The number of esters is 1. The fraction of sp³-hybridized carbons (Fsp3) is 0.333. The quantitative estimate of drug-likeness (QED) is 0.313. The van der Waals surface area contributed by atoms with E-state index in [4.69, 9.17) is 9.47 Å². The van der Waals surface area contributed by atoms with Crippen molar-refractivity contribution in [3.05, 3.63) is 48.0 Å². The van der Waals surface area contributed by atoms with Crippen molar-refractivity contribution in [3.8, 4) is 11.5 Å². The van der Waals surface area contributed by atoms with E-state index in [0.29, 0.717) is 12.4 Å². The van der Waals surface area contributed by atoms with Crippen molar-refractivity contribution in [2.24, 2.45) is 0 Å². The van der Waals surface area contributed by atoms with Crippen LogP contribution in [0.5, 0.6) is 11.5 Å². The Labute approximate surface area is 188 Å². The van der Waals surface area contributed by atoms with Crippen molar-refractivity contribution < 1.29 is 45.8 Å². The second kappa shape index (κ2) is 10.1. The minimum Gasteiger partial charge on any atom is -0.508 e. The Kier molecular flexibility index (Phi) is 7.96. The molecule has 2 rings (SSSR count). The number of aromatic hydroxyl groups is 1. The lowest BCUT2D eigenvalue weighted by molar-refractivity contribution is -0.178. The van der Waals surface area contributed by atoms with Crippen LogP contribution in [0.25, 0.3) is 0 Å². The van der Waals surface area contributed by atoms with Crippen LogP contribution in [-0.4, -0.2) is 44.2 Å². The molecule has 0 saturated heterocycles. The molecule has 1 atom stereocenters. The third kappa shape index (κ3) is 6.60. The van der Waals surface area contributed by atoms with Gasteiger partial charge in [0.15, 0.2) is 5.92 Å². The summed E-state index contributed by atoms with van der Waals surface area (Å²) in [4.78, 5) is 24.1. The van der Waals surface area contributed by atoms with E-state index in [0.717, 1.165) is 18.2 Å². The highest BCUT2D eigenvalue weighted by atomic mass is 32.2. The summed E-state index contributed by atoms with van der Waals surface area (Å²) in [5.74, 6) is -6.92. The fourth-order valence-electron chi connectivity index (χ4n) is 2.78. The van der Waals surface area contributed by atoms with Gasteiger partial charge in [-0.05, 0) is 63.2 Å². The number of hydrogen-bond donors (Lipinski definition) is 2. The topological polar surface area (TPSA) is 119 Å². The molecule has 0 bridgehead atoms. The predicted octanol–water partition coefficient (Wildman–Crippen LogP) is 3.76. The van der Waals surface area contributed by atoms with E-state index >= 15 is 0 Å². The zero-order valence-electron chi connectivity index (χ0n) is 17.8. The second-order valence-corrected chi connectivity index (χ2v) is 8.75. The number of phenols is 1. The highest BCUT2D eigenvalue weighted by molar-refractivity contribution is 7.92. The Morgan fingerprint density at radius 1 is 1.09 bits per heavy atom. The van der Waals surface area contributed by atoms with Crippen LogP contribution in [0.2, 0.25) is 0 Å². The maximum Gasteiger partial charge on any atom is 0.451 e. The lowest BCUT2D eigenvalue weighted by Crippen LogP contribution is -2.35. The number of anilines is 1. The van der Waals surface area contributed by atoms with Gasteiger partial charge in [-0.3, -0.25) is 14.3 Å². The van der Waals surface area contributed by atoms with Gasteiger partial charge in [0.05, 0.1) is 17.6 Å². The third-order valence-electron chi connectivity index (χ3n) is 4.16. The second-order valence-electron chi connectivity index (χ2n) is 7.06. The Balaban J connectivity index is 2.45. The molecule has 0 aliphatic rings. The minimum absolute atomic E-state index is 0.178. The van der Waals surface area contributed by atoms with Gasteiger partial charge in [0.2, 0.25) is 0 Å². The molecule has 1 unspecified atom stereocenters. The number of alkyl halides is 3. The SMILES string of the molecule is CCOc1ccc(S(=O)(=O)Nc2ccc(O)c(C(C(=O)OC(C)C)C(=O)C(F)(F)F)c2)cc1. The normalized spacial score (nSPS) is 12.8. The zero-order chi connectivity index (χ0) is 25.0. The first-order valence-corrected chi connectivity index (χ1v) is 11.1. The first kappa shape index (κ1) is 26.0. The van der Waals surface area contributed by atoms with Gasteiger partial charge in [0.1, 0.15) is 11.5 Å². The van der Waals surface area contributed by atoms with Gasteiger partial charge in [-0.2, -0.15) is 13.2 Å². The molecule has 2 aromatic rings. The summed E-state index contributed by atoms with van der Waals surface area (Å²) in [6, 6.07) is 8.05. The largest absolute Gasteiger partial charge is 0.508 e. The molecule has 0 radical (unpaired) electrons. The summed E-state index contributed by atoms with van der Waals surface area (Å²) < 4.78 is 76.9. The molecule has 2 aromatic carbocycles. The molecule has 33 heavy (non-hydrogen) atoms. The van der Waals surface area contributed by atoms with E-state index in [9.17, 15) is 36.3 Å². The number of phenolic OH excluding ortho intramolecular Hbond substituents is 1. The summed E-state index contributed by atoms with van der Waals surface area (Å²) in [7, 11) is -4.20. The average molecular weight is 489 g/mol. The van der Waals surface area contributed by atoms with E-state index in [1.165, 1.54) is 38.1 Å². The van der Waals surface area contributed by atoms with E-state index in [1.807, 2.05) is 0 Å². The summed E-state index contributed by atoms with van der Waals surface area (Å²) in [6.45, 7) is 4.86. The highest BCUT2D eigenvalue weighted by Crippen LogP contribution is 2.36. The first-order valence-electron chi connectivity index (χ1n) is 9.66. The van der Waals surface area contributed by atoms with Crippen molar-refractivity contribution in [1.29, 1.82) is 0 Å². The lowest BCUT2D eigenvalue weighted by atomic mass is 9.93. The number of carbonyl (C=O) groups is 2. The molecule has 0 saturated carbocycles. The minimum atomic E-state index is -5.41. The molecule has 12 heteroatoms. The third-order valence-corrected chi connectivity index (χ3v) is 5.56. The maximum absolute atomic E-state index is 13.1. The number of halogens is 3. The number of benzene rings is 2. The number of carbonyl (C=O) groups excluding carboxylic acids is 2. The van der Waals surface area contributed by atoms with Crippen LogP contribution in [0.15, 0.2) is 47.4 Å². The average Bonchev–Trinajstić information content (AvgIpc) is 2.69. The summed E-state index contributed by atoms with van der Waals surface area (Å²) in [5.41, 5.74) is -1.04. The highest BCUT2D eigenvalue weighted by Gasteiger charge is 2.48. The Bertz CT molecular complexity index is 1110. The molecular formula is C21H22F3NO7S. The predicted molar refractivity (Wildman–Crippen MR) is 112 cm³/mol. The number of sulfonamides is 1. The Morgan fingerprint density at radius 3 is 2.21 bits per heavy atom. The smallest absolute Gasteiger partial charge is 0.451 e. The molecule has 0 aliphatic heterocycles. The molecule has 0 aromatic heterocycles. The fourth-order valence-corrected chi connectivity index (χ4v) is 3.83. The summed E-state index contributed by atoms with van der Waals surface area (Å²) in [5, 5.41) is 10.1. The van der Waals surface area contributed by atoms with E-state index in [2.05, 4.69) is 4.72 Å². The monoisotopic (exact) mass is 489 g/mol. The van der Waals surface area contributed by atoms with Crippen molar-refractivity contribution >= 4 is 27.5 Å². The molecule has 0 heterocycles. The maximum atomic E-state index is 13.1. The van der Waals surface area contributed by atoms with E-state index < -0.39 is 51.3 Å². The molecule has 2 N–H and O–H groups in total. The molecule has 0 fully saturated rings. The number of hydrogen-bond acceptors (Lipinski definition) is 7. The van der Waals surface area contributed by atoms with E-state index in [-0.39, 0.29) is 10.6 Å². The van der Waals surface area contributed by atoms with Crippen molar-refractivity contribution in [2.45, 2.75) is 43.9 Å². The van der Waals surface area contributed by atoms with Crippen LogP contribution in [0, 0.1) is 0 Å².